The minimum absolute atomic E-state index is 0.155. The summed E-state index contributed by atoms with van der Waals surface area (Å²) in [5.74, 6) is 2.52. The summed E-state index contributed by atoms with van der Waals surface area (Å²) in [6, 6.07) is 9.93. The van der Waals surface area contributed by atoms with Crippen molar-refractivity contribution < 1.29 is 19.0 Å². The molecular formula is C21H26N2O4S. The Morgan fingerprint density at radius 1 is 1.00 bits per heavy atom. The Hall–Kier alpha value is -2.67. The number of nitrogens with zero attached hydrogens (tertiary/aromatic N) is 1. The molecule has 0 saturated carbocycles. The van der Waals surface area contributed by atoms with E-state index in [9.17, 15) is 4.79 Å². The predicted octanol–water partition coefficient (Wildman–Crippen LogP) is 3.71. The number of hydrogen-bond donors (Lipinski definition) is 1. The van der Waals surface area contributed by atoms with E-state index in [1.165, 1.54) is 22.9 Å². The number of carbonyl (C=O) groups is 1. The lowest BCUT2D eigenvalue weighted by atomic mass is 10.1. The van der Waals surface area contributed by atoms with Crippen LogP contribution in [0.3, 0.4) is 0 Å². The number of nitrogens with one attached hydrogen (secondary N) is 1. The highest BCUT2D eigenvalue weighted by molar-refractivity contribution is 7.99. The molecule has 6 nitrogen and oxygen atoms in total. The monoisotopic (exact) mass is 402 g/mol. The van der Waals surface area contributed by atoms with Crippen LogP contribution in [-0.2, 0) is 10.5 Å². The van der Waals surface area contributed by atoms with Crippen LogP contribution in [0.25, 0.3) is 0 Å². The van der Waals surface area contributed by atoms with E-state index in [-0.39, 0.29) is 5.91 Å². The van der Waals surface area contributed by atoms with Gasteiger partial charge in [-0.1, -0.05) is 29.3 Å². The summed E-state index contributed by atoms with van der Waals surface area (Å²) in [5, 5.41) is 4.01. The third kappa shape index (κ3) is 6.20. The number of methoxy groups -OCH3 is 3. The highest BCUT2D eigenvalue weighted by atomic mass is 32.2. The Morgan fingerprint density at radius 2 is 1.61 bits per heavy atom. The molecule has 150 valence electrons. The molecule has 28 heavy (non-hydrogen) atoms. The number of benzene rings is 2. The molecule has 2 aromatic carbocycles. The molecule has 2 rings (SSSR count). The molecule has 0 aliphatic carbocycles. The maximum absolute atomic E-state index is 12.0. The van der Waals surface area contributed by atoms with Crippen molar-refractivity contribution in [2.24, 2.45) is 5.10 Å². The van der Waals surface area contributed by atoms with E-state index in [1.807, 2.05) is 0 Å². The summed E-state index contributed by atoms with van der Waals surface area (Å²) in [5.41, 5.74) is 6.94. The molecule has 0 heterocycles. The lowest BCUT2D eigenvalue weighted by molar-refractivity contribution is -0.118. The number of carbonyl (C=O) groups excluding carboxylic acids is 1. The Kier molecular flexibility index (Phi) is 8.19. The van der Waals surface area contributed by atoms with Crippen molar-refractivity contribution in [3.63, 3.8) is 0 Å². The lowest BCUT2D eigenvalue weighted by Gasteiger charge is -2.12. The Labute approximate surface area is 170 Å². The van der Waals surface area contributed by atoms with E-state index in [0.717, 1.165) is 11.3 Å². The van der Waals surface area contributed by atoms with Crippen LogP contribution in [0.15, 0.2) is 35.4 Å². The van der Waals surface area contributed by atoms with E-state index in [0.29, 0.717) is 23.0 Å². The zero-order valence-electron chi connectivity index (χ0n) is 16.9. The average Bonchev–Trinajstić information content (AvgIpc) is 2.66. The SMILES string of the molecule is COc1cc(/C=N\NC(=O)CSCc2cc(C)cc(C)c2)cc(OC)c1OC. The van der Waals surface area contributed by atoms with Gasteiger partial charge in [-0.15, -0.1) is 11.8 Å². The lowest BCUT2D eigenvalue weighted by Crippen LogP contribution is -2.19. The van der Waals surface area contributed by atoms with Gasteiger partial charge >= 0.3 is 0 Å². The minimum Gasteiger partial charge on any atom is -0.493 e. The smallest absolute Gasteiger partial charge is 0.250 e. The molecule has 0 unspecified atom stereocenters. The largest absolute Gasteiger partial charge is 0.493 e. The van der Waals surface area contributed by atoms with Crippen molar-refractivity contribution >= 4 is 23.9 Å². The summed E-state index contributed by atoms with van der Waals surface area (Å²) < 4.78 is 15.9. The quantitative estimate of drug-likeness (QED) is 0.511. The van der Waals surface area contributed by atoms with Crippen molar-refractivity contribution in [2.45, 2.75) is 19.6 Å². The summed E-state index contributed by atoms with van der Waals surface area (Å²) in [7, 11) is 4.64. The molecular weight excluding hydrogens is 376 g/mol. The maximum atomic E-state index is 12.0. The van der Waals surface area contributed by atoms with E-state index < -0.39 is 0 Å². The molecule has 0 aliphatic heterocycles. The number of rotatable bonds is 9. The van der Waals surface area contributed by atoms with Gasteiger partial charge in [-0.05, 0) is 31.5 Å². The van der Waals surface area contributed by atoms with Gasteiger partial charge in [0.05, 0.1) is 33.3 Å². The van der Waals surface area contributed by atoms with E-state index in [2.05, 4.69) is 42.6 Å². The van der Waals surface area contributed by atoms with Gasteiger partial charge in [0.15, 0.2) is 11.5 Å². The summed E-state index contributed by atoms with van der Waals surface area (Å²) in [6.07, 6.45) is 1.54. The fourth-order valence-corrected chi connectivity index (χ4v) is 3.56. The third-order valence-electron chi connectivity index (χ3n) is 3.87. The van der Waals surface area contributed by atoms with Crippen LogP contribution in [0.1, 0.15) is 22.3 Å². The van der Waals surface area contributed by atoms with Crippen molar-refractivity contribution in [2.75, 3.05) is 27.1 Å². The van der Waals surface area contributed by atoms with Crippen LogP contribution in [-0.4, -0.2) is 39.2 Å². The Morgan fingerprint density at radius 3 is 2.14 bits per heavy atom. The van der Waals surface area contributed by atoms with Gasteiger partial charge in [0, 0.05) is 11.3 Å². The summed E-state index contributed by atoms with van der Waals surface area (Å²) in [6.45, 7) is 4.15. The maximum Gasteiger partial charge on any atom is 0.250 e. The average molecular weight is 403 g/mol. The van der Waals surface area contributed by atoms with Gasteiger partial charge in [-0.25, -0.2) is 5.43 Å². The van der Waals surface area contributed by atoms with Gasteiger partial charge < -0.3 is 14.2 Å². The van der Waals surface area contributed by atoms with Gasteiger partial charge in [0.2, 0.25) is 11.7 Å². The number of hydrazone groups is 1. The van der Waals surface area contributed by atoms with Crippen molar-refractivity contribution in [1.82, 2.24) is 5.43 Å². The first-order valence-electron chi connectivity index (χ1n) is 8.73. The number of ether oxygens (including phenoxy) is 3. The van der Waals surface area contributed by atoms with E-state index >= 15 is 0 Å². The van der Waals surface area contributed by atoms with E-state index in [4.69, 9.17) is 14.2 Å². The molecule has 0 saturated heterocycles. The Bertz CT molecular complexity index is 807. The zero-order chi connectivity index (χ0) is 20.5. The molecule has 0 bridgehead atoms. The minimum atomic E-state index is -0.155. The highest BCUT2D eigenvalue weighted by Gasteiger charge is 2.12. The van der Waals surface area contributed by atoms with Crippen LogP contribution in [0.5, 0.6) is 17.2 Å². The topological polar surface area (TPSA) is 69.2 Å². The second kappa shape index (κ2) is 10.6. The first kappa shape index (κ1) is 21.6. The second-order valence-electron chi connectivity index (χ2n) is 6.24. The number of aryl methyl sites for hydroxylation is 2. The molecule has 0 fully saturated rings. The molecule has 2 aromatic rings. The molecule has 0 radical (unpaired) electrons. The third-order valence-corrected chi connectivity index (χ3v) is 4.88. The molecule has 1 N–H and O–H groups in total. The predicted molar refractivity (Wildman–Crippen MR) is 114 cm³/mol. The second-order valence-corrected chi connectivity index (χ2v) is 7.23. The van der Waals surface area contributed by atoms with Crippen LogP contribution in [0.2, 0.25) is 0 Å². The fourth-order valence-electron chi connectivity index (χ4n) is 2.80. The molecule has 0 aromatic heterocycles. The fraction of sp³-hybridized carbons (Fsp3) is 0.333. The van der Waals surface area contributed by atoms with E-state index in [1.54, 1.807) is 45.2 Å². The van der Waals surface area contributed by atoms with Crippen LogP contribution < -0.4 is 19.6 Å². The van der Waals surface area contributed by atoms with Crippen LogP contribution in [0, 0.1) is 13.8 Å². The standard InChI is InChI=1S/C21H26N2O4S/c1-14-6-15(2)8-17(7-14)12-28-13-20(24)23-22-11-16-9-18(25-3)21(27-5)19(10-16)26-4/h6-11H,12-13H2,1-5H3,(H,23,24)/b22-11-. The first-order valence-corrected chi connectivity index (χ1v) is 9.89. The molecule has 0 atom stereocenters. The summed E-state index contributed by atoms with van der Waals surface area (Å²) in [4.78, 5) is 12.0. The molecule has 1 amide bonds. The first-order chi connectivity index (χ1) is 13.5. The van der Waals surface area contributed by atoms with Crippen LogP contribution >= 0.6 is 11.8 Å². The molecule has 7 heteroatoms. The van der Waals surface area contributed by atoms with Crippen LogP contribution in [0.4, 0.5) is 0 Å². The van der Waals surface area contributed by atoms with Crippen molar-refractivity contribution in [3.05, 3.63) is 52.6 Å². The summed E-state index contributed by atoms with van der Waals surface area (Å²) >= 11 is 1.55. The number of thioether (sulfide) groups is 1. The molecule has 0 aliphatic rings. The molecule has 0 spiro atoms. The van der Waals surface area contributed by atoms with Gasteiger partial charge in [0.25, 0.3) is 0 Å². The van der Waals surface area contributed by atoms with Crippen molar-refractivity contribution in [1.29, 1.82) is 0 Å². The number of amides is 1. The Balaban J connectivity index is 1.89. The normalized spacial score (nSPS) is 10.8. The highest BCUT2D eigenvalue weighted by Crippen LogP contribution is 2.37. The van der Waals surface area contributed by atoms with Gasteiger partial charge in [0.1, 0.15) is 0 Å². The van der Waals surface area contributed by atoms with Crippen molar-refractivity contribution in [3.8, 4) is 17.2 Å². The number of hydrogen-bond acceptors (Lipinski definition) is 6. The zero-order valence-corrected chi connectivity index (χ0v) is 17.7. The van der Waals surface area contributed by atoms with Gasteiger partial charge in [-0.3, -0.25) is 4.79 Å². The van der Waals surface area contributed by atoms with Gasteiger partial charge in [-0.2, -0.15) is 5.10 Å².